The van der Waals surface area contributed by atoms with Crippen LogP contribution in [0.1, 0.15) is 19.4 Å². The fraction of sp³-hybridized carbons (Fsp3) is 0.333. The SMILES string of the molecule is CCNC(=O)[C@H](C)N(Cc1ccccc1Cl)C(=O)CN(c1cccc(F)c1)S(C)(=O)=O. The van der Waals surface area contributed by atoms with E-state index in [0.717, 1.165) is 16.6 Å². The number of anilines is 1. The maximum Gasteiger partial charge on any atom is 0.244 e. The van der Waals surface area contributed by atoms with E-state index in [2.05, 4.69) is 5.32 Å². The van der Waals surface area contributed by atoms with E-state index in [0.29, 0.717) is 17.1 Å². The summed E-state index contributed by atoms with van der Waals surface area (Å²) in [7, 11) is -3.91. The Bertz CT molecular complexity index is 1050. The molecule has 31 heavy (non-hydrogen) atoms. The third-order valence-corrected chi connectivity index (χ3v) is 6.10. The van der Waals surface area contributed by atoms with Crippen molar-refractivity contribution in [1.29, 1.82) is 0 Å². The van der Waals surface area contributed by atoms with Gasteiger partial charge in [-0.05, 0) is 43.7 Å². The Morgan fingerprint density at radius 1 is 1.16 bits per heavy atom. The molecule has 2 aromatic carbocycles. The highest BCUT2D eigenvalue weighted by atomic mass is 35.5. The summed E-state index contributed by atoms with van der Waals surface area (Å²) in [4.78, 5) is 26.9. The van der Waals surface area contributed by atoms with Crippen molar-refractivity contribution >= 4 is 39.1 Å². The Balaban J connectivity index is 2.40. The number of amides is 2. The predicted octanol–water partition coefficient (Wildman–Crippen LogP) is 2.80. The molecule has 7 nitrogen and oxygen atoms in total. The van der Waals surface area contributed by atoms with Crippen LogP contribution in [0.5, 0.6) is 0 Å². The van der Waals surface area contributed by atoms with Crippen molar-refractivity contribution in [2.24, 2.45) is 0 Å². The third-order valence-electron chi connectivity index (χ3n) is 4.59. The molecule has 0 spiro atoms. The van der Waals surface area contributed by atoms with Crippen LogP contribution in [0, 0.1) is 5.82 Å². The summed E-state index contributed by atoms with van der Waals surface area (Å²) >= 11 is 6.22. The maximum absolute atomic E-state index is 13.7. The van der Waals surface area contributed by atoms with Gasteiger partial charge in [0, 0.05) is 18.1 Å². The minimum atomic E-state index is -3.91. The van der Waals surface area contributed by atoms with E-state index in [1.165, 1.54) is 23.1 Å². The van der Waals surface area contributed by atoms with Crippen LogP contribution < -0.4 is 9.62 Å². The van der Waals surface area contributed by atoms with E-state index in [4.69, 9.17) is 11.6 Å². The maximum atomic E-state index is 13.7. The molecule has 0 aliphatic carbocycles. The number of rotatable bonds is 9. The molecule has 0 aliphatic rings. The molecular weight excluding hydrogens is 445 g/mol. The molecule has 0 saturated heterocycles. The van der Waals surface area contributed by atoms with Crippen molar-refractivity contribution in [3.63, 3.8) is 0 Å². The van der Waals surface area contributed by atoms with E-state index >= 15 is 0 Å². The Labute approximate surface area is 186 Å². The Morgan fingerprint density at radius 3 is 2.42 bits per heavy atom. The zero-order chi connectivity index (χ0) is 23.2. The van der Waals surface area contributed by atoms with Crippen molar-refractivity contribution in [3.8, 4) is 0 Å². The van der Waals surface area contributed by atoms with Crippen LogP contribution in [0.25, 0.3) is 0 Å². The molecular formula is C21H25ClFN3O4S. The smallest absolute Gasteiger partial charge is 0.244 e. The second kappa shape index (κ2) is 10.6. The number of hydrogen-bond donors (Lipinski definition) is 1. The van der Waals surface area contributed by atoms with Crippen molar-refractivity contribution < 1.29 is 22.4 Å². The molecule has 2 amide bonds. The van der Waals surface area contributed by atoms with Gasteiger partial charge >= 0.3 is 0 Å². The molecule has 0 unspecified atom stereocenters. The summed E-state index contributed by atoms with van der Waals surface area (Å²) in [6.07, 6.45) is 0.927. The van der Waals surface area contributed by atoms with Gasteiger partial charge in [0.05, 0.1) is 11.9 Å². The predicted molar refractivity (Wildman–Crippen MR) is 119 cm³/mol. The van der Waals surface area contributed by atoms with Gasteiger partial charge in [0.2, 0.25) is 21.8 Å². The van der Waals surface area contributed by atoms with Crippen molar-refractivity contribution in [3.05, 3.63) is 64.9 Å². The number of halogens is 2. The summed E-state index contributed by atoms with van der Waals surface area (Å²) in [6.45, 7) is 3.07. The normalized spacial score (nSPS) is 12.2. The minimum absolute atomic E-state index is 0.00242. The second-order valence-electron chi connectivity index (χ2n) is 6.93. The molecule has 1 N–H and O–H groups in total. The summed E-state index contributed by atoms with van der Waals surface area (Å²) in [5.41, 5.74) is 0.615. The average Bonchev–Trinajstić information content (AvgIpc) is 2.70. The van der Waals surface area contributed by atoms with Crippen LogP contribution in [0.2, 0.25) is 5.02 Å². The van der Waals surface area contributed by atoms with Crippen molar-refractivity contribution in [2.45, 2.75) is 26.4 Å². The first-order chi connectivity index (χ1) is 14.5. The second-order valence-corrected chi connectivity index (χ2v) is 9.25. The molecule has 0 radical (unpaired) electrons. The van der Waals surface area contributed by atoms with Gasteiger partial charge in [0.15, 0.2) is 0 Å². The number of carbonyl (C=O) groups excluding carboxylic acids is 2. The first kappa shape index (κ1) is 24.6. The van der Waals surface area contributed by atoms with Crippen LogP contribution >= 0.6 is 11.6 Å². The van der Waals surface area contributed by atoms with E-state index in [1.54, 1.807) is 38.1 Å². The Kier molecular flexibility index (Phi) is 8.41. The van der Waals surface area contributed by atoms with Crippen LogP contribution in [-0.2, 0) is 26.2 Å². The van der Waals surface area contributed by atoms with Gasteiger partial charge in [-0.15, -0.1) is 0 Å². The van der Waals surface area contributed by atoms with Gasteiger partial charge in [0.1, 0.15) is 18.4 Å². The van der Waals surface area contributed by atoms with Gasteiger partial charge in [-0.2, -0.15) is 0 Å². The number of benzene rings is 2. The summed E-state index contributed by atoms with van der Waals surface area (Å²) in [5, 5.41) is 3.07. The molecule has 1 atom stereocenters. The lowest BCUT2D eigenvalue weighted by Crippen LogP contribution is -2.51. The van der Waals surface area contributed by atoms with Gasteiger partial charge < -0.3 is 10.2 Å². The number of likely N-dealkylation sites (N-methyl/N-ethyl adjacent to an activating group) is 1. The summed E-state index contributed by atoms with van der Waals surface area (Å²) < 4.78 is 39.2. The van der Waals surface area contributed by atoms with Crippen molar-refractivity contribution in [2.75, 3.05) is 23.7 Å². The summed E-state index contributed by atoms with van der Waals surface area (Å²) in [6, 6.07) is 10.9. The number of nitrogens with one attached hydrogen (secondary N) is 1. The van der Waals surface area contributed by atoms with Crippen LogP contribution in [0.4, 0.5) is 10.1 Å². The van der Waals surface area contributed by atoms with E-state index in [9.17, 15) is 22.4 Å². The van der Waals surface area contributed by atoms with Gasteiger partial charge in [-0.1, -0.05) is 35.9 Å². The molecule has 0 aromatic heterocycles. The highest BCUT2D eigenvalue weighted by Gasteiger charge is 2.30. The lowest BCUT2D eigenvalue weighted by molar-refractivity contribution is -0.139. The van der Waals surface area contributed by atoms with Crippen molar-refractivity contribution in [1.82, 2.24) is 10.2 Å². The van der Waals surface area contributed by atoms with Crippen LogP contribution in [0.15, 0.2) is 48.5 Å². The first-order valence-electron chi connectivity index (χ1n) is 9.58. The fourth-order valence-corrected chi connectivity index (χ4v) is 4.00. The fourth-order valence-electron chi connectivity index (χ4n) is 2.96. The lowest BCUT2D eigenvalue weighted by Gasteiger charge is -2.31. The molecule has 168 valence electrons. The molecule has 2 rings (SSSR count). The summed E-state index contributed by atoms with van der Waals surface area (Å²) in [5.74, 6) is -1.66. The van der Waals surface area contributed by atoms with Gasteiger partial charge in [-0.3, -0.25) is 13.9 Å². The quantitative estimate of drug-likeness (QED) is 0.611. The topological polar surface area (TPSA) is 86.8 Å². The number of nitrogens with zero attached hydrogens (tertiary/aromatic N) is 2. The largest absolute Gasteiger partial charge is 0.355 e. The average molecular weight is 470 g/mol. The zero-order valence-electron chi connectivity index (χ0n) is 17.5. The molecule has 0 bridgehead atoms. The van der Waals surface area contributed by atoms with E-state index < -0.39 is 34.3 Å². The third kappa shape index (κ3) is 6.67. The Hall–Kier alpha value is -2.65. The van der Waals surface area contributed by atoms with Crippen LogP contribution in [0.3, 0.4) is 0 Å². The van der Waals surface area contributed by atoms with Gasteiger partial charge in [0.25, 0.3) is 0 Å². The Morgan fingerprint density at radius 2 is 1.84 bits per heavy atom. The highest BCUT2D eigenvalue weighted by Crippen LogP contribution is 2.22. The molecule has 0 saturated carbocycles. The van der Waals surface area contributed by atoms with Gasteiger partial charge in [-0.25, -0.2) is 12.8 Å². The minimum Gasteiger partial charge on any atom is -0.355 e. The number of hydrogen-bond acceptors (Lipinski definition) is 4. The monoisotopic (exact) mass is 469 g/mol. The molecule has 2 aromatic rings. The molecule has 0 heterocycles. The van der Waals surface area contributed by atoms with E-state index in [-0.39, 0.29) is 18.1 Å². The lowest BCUT2D eigenvalue weighted by atomic mass is 10.1. The molecule has 0 fully saturated rings. The molecule has 10 heteroatoms. The molecule has 0 aliphatic heterocycles. The number of sulfonamides is 1. The highest BCUT2D eigenvalue weighted by molar-refractivity contribution is 7.92. The van der Waals surface area contributed by atoms with Crippen LogP contribution in [-0.4, -0.2) is 50.5 Å². The first-order valence-corrected chi connectivity index (χ1v) is 11.8. The zero-order valence-corrected chi connectivity index (χ0v) is 19.1. The standard InChI is InChI=1S/C21H25ClFN3O4S/c1-4-24-21(28)15(2)25(13-16-8-5-6-11-19(16)22)20(27)14-26(31(3,29)30)18-10-7-9-17(23)12-18/h5-12,15H,4,13-14H2,1-3H3,(H,24,28)/t15-/m0/s1. The number of carbonyl (C=O) groups is 2. The van der Waals surface area contributed by atoms with E-state index in [1.807, 2.05) is 0 Å².